The van der Waals surface area contributed by atoms with E-state index in [2.05, 4.69) is 5.32 Å². The van der Waals surface area contributed by atoms with E-state index in [4.69, 9.17) is 27.9 Å². The lowest BCUT2D eigenvalue weighted by atomic mass is 10.2. The Labute approximate surface area is 106 Å². The van der Waals surface area contributed by atoms with Crippen molar-refractivity contribution >= 4 is 29.3 Å². The minimum atomic E-state index is 0.653. The van der Waals surface area contributed by atoms with Gasteiger partial charge >= 0.3 is 0 Å². The molecule has 1 N–H and O–H groups in total. The van der Waals surface area contributed by atoms with Crippen LogP contribution >= 0.6 is 23.2 Å². The van der Waals surface area contributed by atoms with Crippen LogP contribution < -0.4 is 5.32 Å². The molecule has 0 saturated heterocycles. The van der Waals surface area contributed by atoms with Crippen LogP contribution in [0.25, 0.3) is 6.08 Å². The fraction of sp³-hybridized carbons (Fsp3) is 0.333. The Bertz CT molecular complexity index is 353. The Kier molecular flexibility index (Phi) is 6.50. The van der Waals surface area contributed by atoms with E-state index < -0.39 is 0 Å². The van der Waals surface area contributed by atoms with Gasteiger partial charge in [-0.15, -0.1) is 0 Å². The summed E-state index contributed by atoms with van der Waals surface area (Å²) in [6.07, 6.45) is 3.99. The van der Waals surface area contributed by atoms with Crippen LogP contribution in [0.2, 0.25) is 10.0 Å². The second kappa shape index (κ2) is 7.69. The molecule has 0 aliphatic heterocycles. The van der Waals surface area contributed by atoms with Gasteiger partial charge in [-0.05, 0) is 17.7 Å². The van der Waals surface area contributed by atoms with Crippen molar-refractivity contribution in [2.24, 2.45) is 0 Å². The van der Waals surface area contributed by atoms with Gasteiger partial charge < -0.3 is 10.1 Å². The second-order valence-electron chi connectivity index (χ2n) is 3.27. The normalized spacial score (nSPS) is 11.2. The topological polar surface area (TPSA) is 21.3 Å². The number of hydrogen-bond acceptors (Lipinski definition) is 2. The predicted octanol–water partition coefficient (Wildman–Crippen LogP) is 3.24. The SMILES string of the molecule is COCCNCC=Cc1ccc(Cl)cc1Cl. The average molecular weight is 260 g/mol. The van der Waals surface area contributed by atoms with E-state index in [0.29, 0.717) is 10.0 Å². The zero-order chi connectivity index (χ0) is 11.8. The Hall–Kier alpha value is -0.540. The minimum Gasteiger partial charge on any atom is -0.383 e. The van der Waals surface area contributed by atoms with Crippen LogP contribution in [0.4, 0.5) is 0 Å². The number of hydrogen-bond donors (Lipinski definition) is 1. The van der Waals surface area contributed by atoms with E-state index in [9.17, 15) is 0 Å². The molecular weight excluding hydrogens is 245 g/mol. The van der Waals surface area contributed by atoms with Crippen LogP contribution in [-0.2, 0) is 4.74 Å². The maximum atomic E-state index is 6.02. The first kappa shape index (κ1) is 13.5. The van der Waals surface area contributed by atoms with Crippen molar-refractivity contribution in [1.29, 1.82) is 0 Å². The summed E-state index contributed by atoms with van der Waals surface area (Å²) in [5.41, 5.74) is 0.972. The van der Waals surface area contributed by atoms with E-state index in [1.165, 1.54) is 0 Å². The number of halogens is 2. The van der Waals surface area contributed by atoms with E-state index in [-0.39, 0.29) is 0 Å². The number of rotatable bonds is 6. The predicted molar refractivity (Wildman–Crippen MR) is 70.2 cm³/mol. The molecular formula is C12H15Cl2NO. The number of nitrogens with one attached hydrogen (secondary N) is 1. The van der Waals surface area contributed by atoms with Crippen molar-refractivity contribution in [3.05, 3.63) is 39.9 Å². The molecule has 0 saturated carbocycles. The van der Waals surface area contributed by atoms with Crippen molar-refractivity contribution in [1.82, 2.24) is 5.32 Å². The van der Waals surface area contributed by atoms with Gasteiger partial charge in [0.05, 0.1) is 6.61 Å². The molecule has 1 rings (SSSR count). The van der Waals surface area contributed by atoms with Gasteiger partial charge in [-0.25, -0.2) is 0 Å². The molecule has 1 aromatic carbocycles. The third kappa shape index (κ3) is 4.99. The largest absolute Gasteiger partial charge is 0.383 e. The average Bonchev–Trinajstić information content (AvgIpc) is 2.26. The van der Waals surface area contributed by atoms with E-state index in [0.717, 1.165) is 25.3 Å². The van der Waals surface area contributed by atoms with Gasteiger partial charge in [-0.3, -0.25) is 0 Å². The first-order valence-corrected chi connectivity index (χ1v) is 5.81. The summed E-state index contributed by atoms with van der Waals surface area (Å²) < 4.78 is 4.92. The van der Waals surface area contributed by atoms with Crippen LogP contribution in [0.15, 0.2) is 24.3 Å². The number of ether oxygens (including phenoxy) is 1. The number of benzene rings is 1. The first-order valence-electron chi connectivity index (χ1n) is 5.05. The van der Waals surface area contributed by atoms with E-state index in [1.807, 2.05) is 24.3 Å². The molecule has 0 unspecified atom stereocenters. The Morgan fingerprint density at radius 3 is 2.88 bits per heavy atom. The van der Waals surface area contributed by atoms with Crippen LogP contribution in [0, 0.1) is 0 Å². The van der Waals surface area contributed by atoms with Crippen LogP contribution in [-0.4, -0.2) is 26.8 Å². The first-order chi connectivity index (χ1) is 7.74. The van der Waals surface area contributed by atoms with Crippen molar-refractivity contribution in [2.45, 2.75) is 0 Å². The molecule has 0 heterocycles. The zero-order valence-corrected chi connectivity index (χ0v) is 10.7. The molecule has 0 aromatic heterocycles. The van der Waals surface area contributed by atoms with Gasteiger partial charge in [-0.1, -0.05) is 41.4 Å². The number of methoxy groups -OCH3 is 1. The maximum absolute atomic E-state index is 6.02. The molecule has 0 radical (unpaired) electrons. The Morgan fingerprint density at radius 2 is 2.19 bits per heavy atom. The molecule has 0 atom stereocenters. The van der Waals surface area contributed by atoms with E-state index in [1.54, 1.807) is 13.2 Å². The quantitative estimate of drug-likeness (QED) is 0.793. The Balaban J connectivity index is 2.38. The molecule has 0 fully saturated rings. The summed E-state index contributed by atoms with van der Waals surface area (Å²) in [5, 5.41) is 4.53. The van der Waals surface area contributed by atoms with Gasteiger partial charge in [0.1, 0.15) is 0 Å². The molecule has 16 heavy (non-hydrogen) atoms. The van der Waals surface area contributed by atoms with Crippen LogP contribution in [0.5, 0.6) is 0 Å². The summed E-state index contributed by atoms with van der Waals surface area (Å²) in [6.45, 7) is 2.35. The van der Waals surface area contributed by atoms with Gasteiger partial charge in [0.2, 0.25) is 0 Å². The molecule has 4 heteroatoms. The lowest BCUT2D eigenvalue weighted by molar-refractivity contribution is 0.200. The summed E-state index contributed by atoms with van der Waals surface area (Å²) in [5.74, 6) is 0. The molecule has 0 spiro atoms. The summed E-state index contributed by atoms with van der Waals surface area (Å²) in [6, 6.07) is 5.46. The third-order valence-electron chi connectivity index (χ3n) is 2.01. The summed E-state index contributed by atoms with van der Waals surface area (Å²) in [7, 11) is 1.69. The fourth-order valence-electron chi connectivity index (χ4n) is 1.18. The van der Waals surface area contributed by atoms with Crippen LogP contribution in [0.1, 0.15) is 5.56 Å². The van der Waals surface area contributed by atoms with Crippen molar-refractivity contribution in [3.63, 3.8) is 0 Å². The molecule has 0 bridgehead atoms. The molecule has 0 amide bonds. The molecule has 0 aliphatic rings. The second-order valence-corrected chi connectivity index (χ2v) is 4.11. The van der Waals surface area contributed by atoms with Crippen molar-refractivity contribution in [3.8, 4) is 0 Å². The molecule has 1 aromatic rings. The lowest BCUT2D eigenvalue weighted by Gasteiger charge is -2.00. The molecule has 88 valence electrons. The highest BCUT2D eigenvalue weighted by atomic mass is 35.5. The maximum Gasteiger partial charge on any atom is 0.0587 e. The van der Waals surface area contributed by atoms with Gasteiger partial charge in [0.15, 0.2) is 0 Å². The highest BCUT2D eigenvalue weighted by molar-refractivity contribution is 6.35. The Morgan fingerprint density at radius 1 is 1.38 bits per heavy atom. The summed E-state index contributed by atoms with van der Waals surface area (Å²) in [4.78, 5) is 0. The monoisotopic (exact) mass is 259 g/mol. The fourth-order valence-corrected chi connectivity index (χ4v) is 1.65. The minimum absolute atomic E-state index is 0.653. The zero-order valence-electron chi connectivity index (χ0n) is 9.17. The smallest absolute Gasteiger partial charge is 0.0587 e. The van der Waals surface area contributed by atoms with Crippen LogP contribution in [0.3, 0.4) is 0 Å². The third-order valence-corrected chi connectivity index (χ3v) is 2.57. The lowest BCUT2D eigenvalue weighted by Crippen LogP contribution is -2.18. The highest BCUT2D eigenvalue weighted by Crippen LogP contribution is 2.21. The van der Waals surface area contributed by atoms with Crippen molar-refractivity contribution < 1.29 is 4.74 Å². The van der Waals surface area contributed by atoms with E-state index >= 15 is 0 Å². The molecule has 2 nitrogen and oxygen atoms in total. The van der Waals surface area contributed by atoms with Crippen molar-refractivity contribution in [2.75, 3.05) is 26.8 Å². The summed E-state index contributed by atoms with van der Waals surface area (Å²) >= 11 is 11.8. The van der Waals surface area contributed by atoms with Gasteiger partial charge in [-0.2, -0.15) is 0 Å². The standard InChI is InChI=1S/C12H15Cl2NO/c1-16-8-7-15-6-2-3-10-4-5-11(13)9-12(10)14/h2-5,9,15H,6-8H2,1H3. The molecule has 0 aliphatic carbocycles. The highest BCUT2D eigenvalue weighted by Gasteiger charge is 1.96. The van der Waals surface area contributed by atoms with Gasteiger partial charge in [0, 0.05) is 30.2 Å². The van der Waals surface area contributed by atoms with Gasteiger partial charge in [0.25, 0.3) is 0 Å².